The number of para-hydroxylation sites is 8. The van der Waals surface area contributed by atoms with E-state index in [4.69, 9.17) is 9.47 Å². The number of benzene rings is 6. The number of nitrogens with zero attached hydrogens (tertiary/aromatic N) is 3. The zero-order chi connectivity index (χ0) is 28.5. The van der Waals surface area contributed by atoms with Crippen LogP contribution in [0.3, 0.4) is 0 Å². The van der Waals surface area contributed by atoms with Crippen LogP contribution in [0.1, 0.15) is 6.92 Å². The third kappa shape index (κ3) is 3.52. The number of aromatic nitrogens is 1. The monoisotopic (exact) mass is 557 g/mol. The molecule has 0 saturated carbocycles. The van der Waals surface area contributed by atoms with Crippen LogP contribution in [0, 0.1) is 0 Å². The van der Waals surface area contributed by atoms with Crippen molar-refractivity contribution in [3.8, 4) is 23.0 Å². The van der Waals surface area contributed by atoms with Gasteiger partial charge in [0.25, 0.3) is 0 Å². The Morgan fingerprint density at radius 2 is 0.791 bits per heavy atom. The molecule has 6 aromatic carbocycles. The van der Waals surface area contributed by atoms with Gasteiger partial charge in [-0.25, -0.2) is 0 Å². The summed E-state index contributed by atoms with van der Waals surface area (Å²) < 4.78 is 15.0. The van der Waals surface area contributed by atoms with Gasteiger partial charge in [-0.05, 0) is 91.9 Å². The number of aryl methyl sites for hydroxylation is 1. The average Bonchev–Trinajstić information content (AvgIpc) is 3.38. The molecule has 0 amide bonds. The van der Waals surface area contributed by atoms with Gasteiger partial charge in [0, 0.05) is 39.7 Å². The van der Waals surface area contributed by atoms with E-state index < -0.39 is 0 Å². The molecule has 0 saturated heterocycles. The second-order valence-electron chi connectivity index (χ2n) is 10.9. The lowest BCUT2D eigenvalue weighted by molar-refractivity contribution is 0.477. The quantitative estimate of drug-likeness (QED) is 0.216. The molecule has 1 aromatic heterocycles. The minimum Gasteiger partial charge on any atom is -0.453 e. The summed E-state index contributed by atoms with van der Waals surface area (Å²) in [4.78, 5) is 4.61. The number of hydrogen-bond donors (Lipinski definition) is 0. The standard InChI is InChI=1S/C38H27N3O2/c1-2-39-29-21-19-25(40-31-11-3-7-15-35(31)42-36-16-8-4-12-32(36)40)23-27(29)28-24-26(20-22-30(28)39)41-33-13-5-9-17-37(33)43-38-18-10-6-14-34(38)41/h3-24H,2H2,1H3. The summed E-state index contributed by atoms with van der Waals surface area (Å²) in [5.41, 5.74) is 8.75. The molecular weight excluding hydrogens is 530 g/mol. The summed E-state index contributed by atoms with van der Waals surface area (Å²) in [6, 6.07) is 46.6. The van der Waals surface area contributed by atoms with Crippen LogP contribution in [0.5, 0.6) is 23.0 Å². The zero-order valence-corrected chi connectivity index (χ0v) is 23.6. The van der Waals surface area contributed by atoms with Crippen LogP contribution in [-0.4, -0.2) is 4.57 Å². The maximum atomic E-state index is 6.29. The summed E-state index contributed by atoms with van der Waals surface area (Å²) in [6.07, 6.45) is 0. The van der Waals surface area contributed by atoms with E-state index in [9.17, 15) is 0 Å². The van der Waals surface area contributed by atoms with E-state index in [-0.39, 0.29) is 0 Å². The Balaban J connectivity index is 1.27. The third-order valence-electron chi connectivity index (χ3n) is 8.53. The van der Waals surface area contributed by atoms with Gasteiger partial charge in [-0.3, -0.25) is 0 Å². The normalized spacial score (nSPS) is 13.1. The van der Waals surface area contributed by atoms with Gasteiger partial charge < -0.3 is 23.8 Å². The van der Waals surface area contributed by atoms with Crippen molar-refractivity contribution in [2.24, 2.45) is 0 Å². The van der Waals surface area contributed by atoms with Crippen LogP contribution >= 0.6 is 0 Å². The number of anilines is 6. The first-order valence-corrected chi connectivity index (χ1v) is 14.7. The molecule has 2 aliphatic heterocycles. The molecular formula is C38H27N3O2. The molecule has 5 nitrogen and oxygen atoms in total. The van der Waals surface area contributed by atoms with Crippen molar-refractivity contribution in [1.82, 2.24) is 4.57 Å². The van der Waals surface area contributed by atoms with Gasteiger partial charge in [0.2, 0.25) is 0 Å². The van der Waals surface area contributed by atoms with E-state index in [1.807, 2.05) is 48.5 Å². The number of fused-ring (bicyclic) bond motifs is 7. The largest absolute Gasteiger partial charge is 0.453 e. The molecule has 9 rings (SSSR count). The highest BCUT2D eigenvalue weighted by Gasteiger charge is 2.28. The highest BCUT2D eigenvalue weighted by molar-refractivity contribution is 6.11. The molecule has 0 atom stereocenters. The van der Waals surface area contributed by atoms with Crippen LogP contribution in [0.25, 0.3) is 21.8 Å². The Morgan fingerprint density at radius 3 is 1.14 bits per heavy atom. The molecule has 0 bridgehead atoms. The Kier molecular flexibility index (Phi) is 5.11. The van der Waals surface area contributed by atoms with Crippen LogP contribution < -0.4 is 19.3 Å². The Labute approximate surface area is 249 Å². The van der Waals surface area contributed by atoms with Gasteiger partial charge in [-0.2, -0.15) is 0 Å². The van der Waals surface area contributed by atoms with Crippen LogP contribution in [-0.2, 0) is 6.54 Å². The molecule has 0 unspecified atom stereocenters. The summed E-state index contributed by atoms with van der Waals surface area (Å²) in [7, 11) is 0. The molecule has 206 valence electrons. The molecule has 0 spiro atoms. The molecule has 7 aromatic rings. The van der Waals surface area contributed by atoms with Crippen molar-refractivity contribution >= 4 is 55.9 Å². The third-order valence-corrected chi connectivity index (χ3v) is 8.53. The average molecular weight is 558 g/mol. The van der Waals surface area contributed by atoms with Gasteiger partial charge in [-0.1, -0.05) is 48.5 Å². The predicted octanol–water partition coefficient (Wildman–Crippen LogP) is 11.0. The Morgan fingerprint density at radius 1 is 0.442 bits per heavy atom. The second-order valence-corrected chi connectivity index (χ2v) is 10.9. The minimum atomic E-state index is 0.851. The number of rotatable bonds is 3. The first-order chi connectivity index (χ1) is 21.3. The lowest BCUT2D eigenvalue weighted by atomic mass is 10.1. The molecule has 0 N–H and O–H groups in total. The van der Waals surface area contributed by atoms with Gasteiger partial charge in [0.15, 0.2) is 23.0 Å². The SMILES string of the molecule is CCn1c2ccc(N3c4ccccc4Oc4ccccc43)cc2c2cc(N3c4ccccc4Oc4ccccc43)ccc21. The lowest BCUT2D eigenvalue weighted by Gasteiger charge is -2.33. The minimum absolute atomic E-state index is 0.851. The molecule has 0 fully saturated rings. The number of hydrogen-bond acceptors (Lipinski definition) is 4. The summed E-state index contributed by atoms with van der Waals surface area (Å²) in [6.45, 7) is 3.09. The fourth-order valence-electron chi connectivity index (χ4n) is 6.66. The van der Waals surface area contributed by atoms with Gasteiger partial charge in [0.1, 0.15) is 0 Å². The van der Waals surface area contributed by atoms with Crippen LogP contribution in [0.2, 0.25) is 0 Å². The lowest BCUT2D eigenvalue weighted by Crippen LogP contribution is -2.15. The highest BCUT2D eigenvalue weighted by atomic mass is 16.5. The summed E-state index contributed by atoms with van der Waals surface area (Å²) >= 11 is 0. The first kappa shape index (κ1) is 24.0. The summed E-state index contributed by atoms with van der Waals surface area (Å²) in [5, 5.41) is 2.43. The van der Waals surface area contributed by atoms with E-state index in [0.29, 0.717) is 0 Å². The van der Waals surface area contributed by atoms with Gasteiger partial charge >= 0.3 is 0 Å². The predicted molar refractivity (Wildman–Crippen MR) is 175 cm³/mol. The maximum absolute atomic E-state index is 6.29. The molecule has 5 heteroatoms. The fourth-order valence-corrected chi connectivity index (χ4v) is 6.66. The molecule has 2 aliphatic rings. The zero-order valence-electron chi connectivity index (χ0n) is 23.6. The summed E-state index contributed by atoms with van der Waals surface area (Å²) in [5.74, 6) is 3.40. The molecule has 0 radical (unpaired) electrons. The number of ether oxygens (including phenoxy) is 2. The van der Waals surface area contributed by atoms with Crippen LogP contribution in [0.4, 0.5) is 34.1 Å². The van der Waals surface area contributed by atoms with Crippen molar-refractivity contribution < 1.29 is 9.47 Å². The second kappa shape index (κ2) is 9.16. The van der Waals surface area contributed by atoms with Crippen molar-refractivity contribution in [1.29, 1.82) is 0 Å². The fraction of sp³-hybridized carbons (Fsp3) is 0.0526. The smallest absolute Gasteiger partial charge is 0.151 e. The van der Waals surface area contributed by atoms with E-state index in [1.54, 1.807) is 0 Å². The molecule has 0 aliphatic carbocycles. The maximum Gasteiger partial charge on any atom is 0.151 e. The highest BCUT2D eigenvalue weighted by Crippen LogP contribution is 2.52. The van der Waals surface area contributed by atoms with E-state index in [1.165, 1.54) is 21.8 Å². The Hall–Kier alpha value is -5.68. The molecule has 43 heavy (non-hydrogen) atoms. The van der Waals surface area contributed by atoms with Crippen molar-refractivity contribution in [2.45, 2.75) is 13.5 Å². The van der Waals surface area contributed by atoms with Crippen LogP contribution in [0.15, 0.2) is 133 Å². The molecule has 3 heterocycles. The van der Waals surface area contributed by atoms with E-state index in [0.717, 1.165) is 63.7 Å². The Bertz CT molecular complexity index is 1970. The first-order valence-electron chi connectivity index (χ1n) is 14.7. The van der Waals surface area contributed by atoms with Crippen molar-refractivity contribution in [3.63, 3.8) is 0 Å². The van der Waals surface area contributed by atoms with Crippen molar-refractivity contribution in [3.05, 3.63) is 133 Å². The van der Waals surface area contributed by atoms with E-state index in [2.05, 4.69) is 106 Å². The van der Waals surface area contributed by atoms with Gasteiger partial charge in [0.05, 0.1) is 22.7 Å². The topological polar surface area (TPSA) is 29.9 Å². The van der Waals surface area contributed by atoms with Crippen molar-refractivity contribution in [2.75, 3.05) is 9.80 Å². The van der Waals surface area contributed by atoms with E-state index >= 15 is 0 Å². The van der Waals surface area contributed by atoms with Gasteiger partial charge in [-0.15, -0.1) is 0 Å².